The molecule has 0 saturated carbocycles. The van der Waals surface area contributed by atoms with Gasteiger partial charge in [0, 0.05) is 74.5 Å². The van der Waals surface area contributed by atoms with E-state index < -0.39 is 0 Å². The van der Waals surface area contributed by atoms with E-state index in [1.807, 2.05) is 19.3 Å². The Hall–Kier alpha value is -2.62. The number of halogens is 1. The van der Waals surface area contributed by atoms with Crippen LogP contribution < -0.4 is 4.90 Å². The van der Waals surface area contributed by atoms with Crippen LogP contribution in [0.2, 0.25) is 0 Å². The van der Waals surface area contributed by atoms with E-state index in [2.05, 4.69) is 29.1 Å². The second kappa shape index (κ2) is 10.1. The van der Waals surface area contributed by atoms with E-state index in [1.54, 1.807) is 49.7 Å². The summed E-state index contributed by atoms with van der Waals surface area (Å²) in [4.78, 5) is 20.6. The minimum Gasteiger partial charge on any atom is -0.385 e. The van der Waals surface area contributed by atoms with E-state index in [-0.39, 0.29) is 5.82 Å². The van der Waals surface area contributed by atoms with Crippen LogP contribution in [-0.2, 0) is 17.7 Å². The van der Waals surface area contributed by atoms with E-state index in [4.69, 9.17) is 4.74 Å². The standard InChI is InChI=1S/C22H25FN6OS/c1-28(8-4-10-30-2)31-19-12-17(23)11-18(13-19)29-9-5-20-16(15-29)14-26-22(27-20)21-24-6-3-7-25-21/h3,6-7,11-14H,4-5,8-10,15H2,1-2H3. The van der Waals surface area contributed by atoms with Crippen molar-refractivity contribution < 1.29 is 9.13 Å². The number of nitrogens with zero attached hydrogens (tertiary/aromatic N) is 6. The quantitative estimate of drug-likeness (QED) is 0.389. The normalized spacial score (nSPS) is 13.5. The molecule has 7 nitrogen and oxygen atoms in total. The Balaban J connectivity index is 1.47. The van der Waals surface area contributed by atoms with Crippen molar-refractivity contribution in [3.63, 3.8) is 0 Å². The Labute approximate surface area is 185 Å². The zero-order valence-electron chi connectivity index (χ0n) is 17.7. The highest BCUT2D eigenvalue weighted by Crippen LogP contribution is 2.30. The van der Waals surface area contributed by atoms with Crippen LogP contribution in [0.5, 0.6) is 0 Å². The predicted molar refractivity (Wildman–Crippen MR) is 119 cm³/mol. The van der Waals surface area contributed by atoms with Crippen LogP contribution in [-0.4, -0.2) is 58.1 Å². The van der Waals surface area contributed by atoms with E-state index in [1.165, 1.54) is 0 Å². The van der Waals surface area contributed by atoms with Crippen LogP contribution in [0.15, 0.2) is 47.8 Å². The first-order chi connectivity index (χ1) is 15.1. The third kappa shape index (κ3) is 5.55. The fourth-order valence-electron chi connectivity index (χ4n) is 3.50. The molecule has 0 saturated heterocycles. The van der Waals surface area contributed by atoms with Crippen molar-refractivity contribution in [3.05, 3.63) is 59.9 Å². The molecule has 162 valence electrons. The lowest BCUT2D eigenvalue weighted by atomic mass is 10.1. The minimum atomic E-state index is -0.232. The molecule has 1 aromatic carbocycles. The molecule has 1 aliphatic heterocycles. The third-order valence-electron chi connectivity index (χ3n) is 5.00. The molecule has 3 heterocycles. The molecule has 0 radical (unpaired) electrons. The largest absolute Gasteiger partial charge is 0.385 e. The van der Waals surface area contributed by atoms with E-state index >= 15 is 0 Å². The molecular formula is C22H25FN6OS. The number of rotatable bonds is 8. The van der Waals surface area contributed by atoms with Gasteiger partial charge in [-0.25, -0.2) is 28.6 Å². The predicted octanol–water partition coefficient (Wildman–Crippen LogP) is 3.61. The smallest absolute Gasteiger partial charge is 0.197 e. The molecule has 9 heteroatoms. The Morgan fingerprint density at radius 3 is 2.81 bits per heavy atom. The number of methoxy groups -OCH3 is 1. The summed E-state index contributed by atoms with van der Waals surface area (Å²) in [5.41, 5.74) is 2.91. The molecule has 1 aliphatic rings. The highest BCUT2D eigenvalue weighted by molar-refractivity contribution is 7.97. The van der Waals surface area contributed by atoms with E-state index in [9.17, 15) is 4.39 Å². The minimum absolute atomic E-state index is 0.232. The summed E-state index contributed by atoms with van der Waals surface area (Å²) in [6, 6.07) is 6.97. The van der Waals surface area contributed by atoms with Gasteiger partial charge < -0.3 is 9.64 Å². The molecule has 2 aromatic heterocycles. The van der Waals surface area contributed by atoms with Crippen molar-refractivity contribution in [1.82, 2.24) is 24.2 Å². The fourth-order valence-corrected chi connectivity index (χ4v) is 4.42. The molecule has 0 unspecified atom stereocenters. The molecule has 0 spiro atoms. The van der Waals surface area contributed by atoms with Crippen LogP contribution in [0, 0.1) is 5.82 Å². The molecule has 4 rings (SSSR count). The first-order valence-corrected chi connectivity index (χ1v) is 11.0. The summed E-state index contributed by atoms with van der Waals surface area (Å²) in [7, 11) is 3.71. The van der Waals surface area contributed by atoms with Gasteiger partial charge in [0.2, 0.25) is 0 Å². The van der Waals surface area contributed by atoms with Crippen LogP contribution in [0.4, 0.5) is 10.1 Å². The molecule has 0 fully saturated rings. The number of anilines is 1. The van der Waals surface area contributed by atoms with Gasteiger partial charge in [0.25, 0.3) is 0 Å². The van der Waals surface area contributed by atoms with Crippen LogP contribution in [0.25, 0.3) is 11.6 Å². The van der Waals surface area contributed by atoms with Gasteiger partial charge in [-0.3, -0.25) is 0 Å². The molecule has 0 bridgehead atoms. The summed E-state index contributed by atoms with van der Waals surface area (Å²) in [6.45, 7) is 2.98. The first-order valence-electron chi connectivity index (χ1n) is 10.2. The first kappa shape index (κ1) is 21.6. The molecule has 0 atom stereocenters. The lowest BCUT2D eigenvalue weighted by molar-refractivity contribution is 0.190. The van der Waals surface area contributed by atoms with Crippen LogP contribution in [0.3, 0.4) is 0 Å². The van der Waals surface area contributed by atoms with Gasteiger partial charge >= 0.3 is 0 Å². The third-order valence-corrected chi connectivity index (χ3v) is 5.94. The number of fused-ring (bicyclic) bond motifs is 1. The Morgan fingerprint density at radius 1 is 1.16 bits per heavy atom. The zero-order valence-corrected chi connectivity index (χ0v) is 18.5. The number of aromatic nitrogens is 4. The van der Waals surface area contributed by atoms with Crippen molar-refractivity contribution in [3.8, 4) is 11.6 Å². The maximum atomic E-state index is 14.4. The summed E-state index contributed by atoms with van der Waals surface area (Å²) in [6.07, 6.45) is 6.89. The number of benzene rings is 1. The lowest BCUT2D eigenvalue weighted by Crippen LogP contribution is -2.31. The van der Waals surface area contributed by atoms with Gasteiger partial charge in [-0.15, -0.1) is 0 Å². The maximum absolute atomic E-state index is 14.4. The Kier molecular flexibility index (Phi) is 7.06. The second-order valence-corrected chi connectivity index (χ2v) is 8.62. The summed E-state index contributed by atoms with van der Waals surface area (Å²) < 4.78 is 21.6. The fraction of sp³-hybridized carbons (Fsp3) is 0.364. The van der Waals surface area contributed by atoms with Gasteiger partial charge in [0.15, 0.2) is 11.6 Å². The Bertz CT molecular complexity index is 1020. The SMILES string of the molecule is COCCCN(C)Sc1cc(F)cc(N2CCc3nc(-c4ncccn4)ncc3C2)c1. The molecule has 0 amide bonds. The lowest BCUT2D eigenvalue weighted by Gasteiger charge is -2.30. The van der Waals surface area contributed by atoms with Crippen LogP contribution in [0.1, 0.15) is 17.7 Å². The van der Waals surface area contributed by atoms with Gasteiger partial charge in [-0.2, -0.15) is 0 Å². The molecule has 31 heavy (non-hydrogen) atoms. The Morgan fingerprint density at radius 2 is 2.00 bits per heavy atom. The summed E-state index contributed by atoms with van der Waals surface area (Å²) in [5, 5.41) is 0. The maximum Gasteiger partial charge on any atom is 0.197 e. The highest BCUT2D eigenvalue weighted by atomic mass is 32.2. The van der Waals surface area contributed by atoms with Crippen molar-refractivity contribution in [2.75, 3.05) is 38.8 Å². The molecule has 0 N–H and O–H groups in total. The summed E-state index contributed by atoms with van der Waals surface area (Å²) >= 11 is 1.54. The van der Waals surface area contributed by atoms with Crippen molar-refractivity contribution in [2.24, 2.45) is 0 Å². The van der Waals surface area contributed by atoms with Gasteiger partial charge in [-0.1, -0.05) is 0 Å². The van der Waals surface area contributed by atoms with Gasteiger partial charge in [0.1, 0.15) is 5.82 Å². The van der Waals surface area contributed by atoms with Crippen molar-refractivity contribution >= 4 is 17.6 Å². The monoisotopic (exact) mass is 440 g/mol. The highest BCUT2D eigenvalue weighted by Gasteiger charge is 2.21. The van der Waals surface area contributed by atoms with E-state index in [0.717, 1.165) is 47.8 Å². The number of hydrogen-bond acceptors (Lipinski definition) is 8. The van der Waals surface area contributed by atoms with Gasteiger partial charge in [0.05, 0.1) is 5.69 Å². The second-order valence-electron chi connectivity index (χ2n) is 7.34. The topological polar surface area (TPSA) is 67.3 Å². The number of ether oxygens (including phenoxy) is 1. The average Bonchev–Trinajstić information content (AvgIpc) is 2.79. The number of hydrogen-bond donors (Lipinski definition) is 0. The molecular weight excluding hydrogens is 415 g/mol. The molecule has 0 aliphatic carbocycles. The van der Waals surface area contributed by atoms with Gasteiger partial charge in [-0.05, 0) is 49.7 Å². The zero-order chi connectivity index (χ0) is 21.6. The van der Waals surface area contributed by atoms with E-state index in [0.29, 0.717) is 24.8 Å². The van der Waals surface area contributed by atoms with Crippen LogP contribution >= 0.6 is 11.9 Å². The van der Waals surface area contributed by atoms with Crippen molar-refractivity contribution in [1.29, 1.82) is 0 Å². The van der Waals surface area contributed by atoms with Crippen molar-refractivity contribution in [2.45, 2.75) is 24.3 Å². The average molecular weight is 441 g/mol. The molecule has 3 aromatic rings. The summed E-state index contributed by atoms with van der Waals surface area (Å²) in [5.74, 6) is 0.826.